The summed E-state index contributed by atoms with van der Waals surface area (Å²) in [6.45, 7) is 17.3. The summed E-state index contributed by atoms with van der Waals surface area (Å²) in [6.07, 6.45) is 11.2. The molecule has 0 heterocycles. The van der Waals surface area contributed by atoms with Crippen molar-refractivity contribution in [3.8, 4) is 0 Å². The Morgan fingerprint density at radius 2 is 2.04 bits per heavy atom. The Balaban J connectivity index is 2.27. The van der Waals surface area contributed by atoms with Crippen molar-refractivity contribution in [2.24, 2.45) is 22.7 Å². The van der Waals surface area contributed by atoms with Crippen molar-refractivity contribution in [2.75, 3.05) is 6.61 Å². The Kier molecular flexibility index (Phi) is 5.78. The van der Waals surface area contributed by atoms with Crippen LogP contribution in [-0.4, -0.2) is 12.6 Å². The van der Waals surface area contributed by atoms with Gasteiger partial charge in [0.2, 0.25) is 0 Å². The van der Waals surface area contributed by atoms with Gasteiger partial charge in [0.25, 0.3) is 0 Å². The first-order valence-electron chi connectivity index (χ1n) is 9.33. The molecule has 0 unspecified atom stereocenters. The minimum absolute atomic E-state index is 0.0921. The third kappa shape index (κ3) is 3.68. The van der Waals surface area contributed by atoms with E-state index < -0.39 is 0 Å². The second-order valence-electron chi connectivity index (χ2n) is 8.48. The fourth-order valence-corrected chi connectivity index (χ4v) is 5.35. The molecule has 0 aromatic carbocycles. The maximum Gasteiger partial charge on any atom is 0.302 e. The van der Waals surface area contributed by atoms with Crippen molar-refractivity contribution < 1.29 is 9.53 Å². The predicted octanol–water partition coefficient (Wildman–Crippen LogP) is 5.85. The van der Waals surface area contributed by atoms with Gasteiger partial charge >= 0.3 is 5.97 Å². The van der Waals surface area contributed by atoms with Crippen molar-refractivity contribution in [2.45, 2.75) is 66.2 Å². The van der Waals surface area contributed by atoms with Gasteiger partial charge < -0.3 is 4.74 Å². The number of carbonyl (C=O) groups excluding carboxylic acids is 1. The molecule has 24 heavy (non-hydrogen) atoms. The van der Waals surface area contributed by atoms with Gasteiger partial charge in [-0.3, -0.25) is 4.79 Å². The molecule has 0 N–H and O–H groups in total. The third-order valence-electron chi connectivity index (χ3n) is 6.75. The molecule has 0 aromatic rings. The molecule has 0 radical (unpaired) electrons. The fourth-order valence-electron chi connectivity index (χ4n) is 5.35. The zero-order chi connectivity index (χ0) is 18.0. The number of rotatable bonds is 5. The number of carbonyl (C=O) groups is 1. The lowest BCUT2D eigenvalue weighted by Gasteiger charge is -2.58. The van der Waals surface area contributed by atoms with Crippen LogP contribution in [0.25, 0.3) is 0 Å². The Labute approximate surface area is 148 Å². The molecule has 0 bridgehead atoms. The number of fused-ring (bicyclic) bond motifs is 1. The molecule has 0 aliphatic heterocycles. The molecule has 2 aliphatic rings. The van der Waals surface area contributed by atoms with Gasteiger partial charge in [0.05, 0.1) is 6.61 Å². The Hall–Kier alpha value is -1.31. The van der Waals surface area contributed by atoms with Gasteiger partial charge in [0.1, 0.15) is 0 Å². The molecule has 0 aromatic heterocycles. The summed E-state index contributed by atoms with van der Waals surface area (Å²) in [4.78, 5) is 11.3. The van der Waals surface area contributed by atoms with Crippen LogP contribution in [-0.2, 0) is 9.53 Å². The lowest BCUT2D eigenvalue weighted by molar-refractivity contribution is -0.152. The van der Waals surface area contributed by atoms with Gasteiger partial charge in [-0.25, -0.2) is 0 Å². The number of allylic oxidation sites excluding steroid dienone is 4. The summed E-state index contributed by atoms with van der Waals surface area (Å²) < 4.78 is 5.47. The molecule has 0 spiro atoms. The van der Waals surface area contributed by atoms with Gasteiger partial charge in [0, 0.05) is 12.3 Å². The normalized spacial score (nSPS) is 36.8. The second kappa shape index (κ2) is 7.29. The average Bonchev–Trinajstić information content (AvgIpc) is 2.51. The molecule has 2 heteroatoms. The summed E-state index contributed by atoms with van der Waals surface area (Å²) in [5.74, 6) is 0.943. The predicted molar refractivity (Wildman–Crippen MR) is 101 cm³/mol. The van der Waals surface area contributed by atoms with Crippen LogP contribution in [0.5, 0.6) is 0 Å². The van der Waals surface area contributed by atoms with Crippen molar-refractivity contribution in [1.29, 1.82) is 0 Å². The lowest BCUT2D eigenvalue weighted by Crippen LogP contribution is -2.52. The molecule has 0 saturated heterocycles. The Morgan fingerprint density at radius 3 is 2.67 bits per heavy atom. The van der Waals surface area contributed by atoms with Crippen molar-refractivity contribution in [1.82, 2.24) is 0 Å². The largest absolute Gasteiger partial charge is 0.465 e. The Morgan fingerprint density at radius 1 is 1.33 bits per heavy atom. The topological polar surface area (TPSA) is 26.3 Å². The van der Waals surface area contributed by atoms with Crippen LogP contribution in [0, 0.1) is 22.7 Å². The van der Waals surface area contributed by atoms with Gasteiger partial charge in [-0.1, -0.05) is 56.7 Å². The van der Waals surface area contributed by atoms with E-state index >= 15 is 0 Å². The number of hydrogen-bond acceptors (Lipinski definition) is 2. The van der Waals surface area contributed by atoms with Crippen LogP contribution in [0.1, 0.15) is 66.2 Å². The first-order valence-corrected chi connectivity index (χ1v) is 9.33. The molecule has 2 nitrogen and oxygen atoms in total. The van der Waals surface area contributed by atoms with Crippen LogP contribution in [0.3, 0.4) is 0 Å². The van der Waals surface area contributed by atoms with Crippen LogP contribution in [0.4, 0.5) is 0 Å². The molecule has 2 aliphatic carbocycles. The fraction of sp³-hybridized carbons (Fsp3) is 0.682. The summed E-state index contributed by atoms with van der Waals surface area (Å²) in [6, 6.07) is 0. The molecule has 2 rings (SSSR count). The third-order valence-corrected chi connectivity index (χ3v) is 6.75. The van der Waals surface area contributed by atoms with Crippen LogP contribution in [0.2, 0.25) is 0 Å². The highest BCUT2D eigenvalue weighted by Crippen LogP contribution is 2.61. The first kappa shape index (κ1) is 19.0. The molecule has 2 saturated carbocycles. The van der Waals surface area contributed by atoms with Crippen molar-refractivity contribution >= 4 is 5.97 Å². The maximum absolute atomic E-state index is 11.3. The minimum atomic E-state index is -0.162. The van der Waals surface area contributed by atoms with Gasteiger partial charge in [-0.15, -0.1) is 0 Å². The first-order chi connectivity index (χ1) is 11.2. The molecule has 0 amide bonds. The van der Waals surface area contributed by atoms with Crippen LogP contribution >= 0.6 is 0 Å². The Bertz CT molecular complexity index is 544. The summed E-state index contributed by atoms with van der Waals surface area (Å²) in [5, 5.41) is 0. The molecular weight excluding hydrogens is 296 g/mol. The highest BCUT2D eigenvalue weighted by Gasteiger charge is 2.54. The number of esters is 1. The molecule has 134 valence electrons. The SMILES string of the molecule is C=C/C(C)=C\C[C@H]1C(=C)CC[C@H]2[C@@](C)(COC(C)=O)CCC[C@]12C. The van der Waals surface area contributed by atoms with E-state index in [1.807, 2.05) is 6.08 Å². The van der Waals surface area contributed by atoms with E-state index in [2.05, 4.69) is 40.0 Å². The van der Waals surface area contributed by atoms with Gasteiger partial charge in [-0.2, -0.15) is 0 Å². The molecular formula is C22H34O2. The van der Waals surface area contributed by atoms with E-state index in [1.165, 1.54) is 37.3 Å². The molecule has 2 fully saturated rings. The van der Waals surface area contributed by atoms with Crippen LogP contribution in [0.15, 0.2) is 36.5 Å². The lowest BCUT2D eigenvalue weighted by atomic mass is 9.47. The average molecular weight is 331 g/mol. The summed E-state index contributed by atoms with van der Waals surface area (Å²) >= 11 is 0. The number of hydrogen-bond donors (Lipinski definition) is 0. The highest BCUT2D eigenvalue weighted by atomic mass is 16.5. The second-order valence-corrected chi connectivity index (χ2v) is 8.48. The standard InChI is InChI=1S/C22H34O2/c1-7-16(2)9-11-19-17(3)10-12-20-21(5,15-24-18(4)23)13-8-14-22(19,20)6/h7,9,19-20H,1,3,8,10-15H2,2,4-6H3/b16-9-/t19-,20-,21+,22+/m0/s1. The highest BCUT2D eigenvalue weighted by molar-refractivity contribution is 5.65. The smallest absolute Gasteiger partial charge is 0.302 e. The monoisotopic (exact) mass is 330 g/mol. The van der Waals surface area contributed by atoms with Crippen molar-refractivity contribution in [3.63, 3.8) is 0 Å². The van der Waals surface area contributed by atoms with Gasteiger partial charge in [-0.05, 0) is 56.3 Å². The number of ether oxygens (including phenoxy) is 1. The van der Waals surface area contributed by atoms with Gasteiger partial charge in [0.15, 0.2) is 0 Å². The zero-order valence-electron chi connectivity index (χ0n) is 16.0. The van der Waals surface area contributed by atoms with E-state index in [9.17, 15) is 4.79 Å². The van der Waals surface area contributed by atoms with Crippen molar-refractivity contribution in [3.05, 3.63) is 36.5 Å². The van der Waals surface area contributed by atoms with Crippen LogP contribution < -0.4 is 0 Å². The van der Waals surface area contributed by atoms with E-state index in [-0.39, 0.29) is 16.8 Å². The minimum Gasteiger partial charge on any atom is -0.465 e. The quantitative estimate of drug-likeness (QED) is 0.359. The maximum atomic E-state index is 11.3. The summed E-state index contributed by atoms with van der Waals surface area (Å²) in [5.41, 5.74) is 2.99. The molecule has 4 atom stereocenters. The zero-order valence-corrected chi connectivity index (χ0v) is 16.0. The van der Waals surface area contributed by atoms with E-state index in [0.717, 1.165) is 19.3 Å². The van der Waals surface area contributed by atoms with E-state index in [0.29, 0.717) is 18.4 Å². The van der Waals surface area contributed by atoms with E-state index in [4.69, 9.17) is 4.74 Å². The summed E-state index contributed by atoms with van der Waals surface area (Å²) in [7, 11) is 0. The van der Waals surface area contributed by atoms with E-state index in [1.54, 1.807) is 0 Å².